The van der Waals surface area contributed by atoms with Gasteiger partial charge in [0, 0.05) is 32.9 Å². The minimum absolute atomic E-state index is 0.265. The van der Waals surface area contributed by atoms with E-state index in [-0.39, 0.29) is 11.7 Å². The summed E-state index contributed by atoms with van der Waals surface area (Å²) in [6.45, 7) is 3.53. The Labute approximate surface area is 171 Å². The number of furan rings is 1. The molecule has 0 fully saturated rings. The number of amides is 1. The number of carbonyl (C=O) groups excluding carboxylic acids is 1. The minimum Gasteiger partial charge on any atom is -0.459 e. The molecule has 1 heterocycles. The lowest BCUT2D eigenvalue weighted by Crippen LogP contribution is -2.38. The first-order valence-electron chi connectivity index (χ1n) is 9.47. The average molecular weight is 390 g/mol. The van der Waals surface area contributed by atoms with E-state index in [9.17, 15) is 4.79 Å². The number of hydrogen-bond acceptors (Lipinski definition) is 3. The van der Waals surface area contributed by atoms with Gasteiger partial charge in [-0.2, -0.15) is 0 Å². The lowest BCUT2D eigenvalue weighted by atomic mass is 10.1. The van der Waals surface area contributed by atoms with Gasteiger partial charge in [0.1, 0.15) is 0 Å². The summed E-state index contributed by atoms with van der Waals surface area (Å²) < 4.78 is 5.10. The van der Waals surface area contributed by atoms with Gasteiger partial charge in [0.15, 0.2) is 11.7 Å². The maximum atomic E-state index is 12.0. The largest absolute Gasteiger partial charge is 0.459 e. The molecule has 3 aromatic rings. The molecule has 0 radical (unpaired) electrons. The monoisotopic (exact) mass is 390 g/mol. The summed E-state index contributed by atoms with van der Waals surface area (Å²) >= 11 is 0. The van der Waals surface area contributed by atoms with Gasteiger partial charge >= 0.3 is 0 Å². The van der Waals surface area contributed by atoms with Crippen LogP contribution < -0.4 is 10.6 Å². The lowest BCUT2D eigenvalue weighted by Gasteiger charge is -2.23. The number of benzene rings is 2. The first kappa shape index (κ1) is 20.2. The Morgan fingerprint density at radius 1 is 1.07 bits per heavy atom. The van der Waals surface area contributed by atoms with Crippen LogP contribution in [0.2, 0.25) is 0 Å². The van der Waals surface area contributed by atoms with E-state index in [1.165, 1.54) is 17.4 Å². The van der Waals surface area contributed by atoms with E-state index in [1.54, 1.807) is 19.2 Å². The summed E-state index contributed by atoms with van der Waals surface area (Å²) in [6.07, 6.45) is 1.48. The number of aryl methyl sites for hydroxylation is 1. The van der Waals surface area contributed by atoms with Gasteiger partial charge in [-0.1, -0.05) is 36.4 Å². The van der Waals surface area contributed by atoms with Gasteiger partial charge in [0.25, 0.3) is 5.91 Å². The Kier molecular flexibility index (Phi) is 6.68. The summed E-state index contributed by atoms with van der Waals surface area (Å²) in [5.74, 6) is 0.846. The maximum absolute atomic E-state index is 12.0. The van der Waals surface area contributed by atoms with Gasteiger partial charge < -0.3 is 20.0 Å². The Morgan fingerprint density at radius 2 is 1.83 bits per heavy atom. The van der Waals surface area contributed by atoms with Crippen molar-refractivity contribution in [3.63, 3.8) is 0 Å². The quantitative estimate of drug-likeness (QED) is 0.492. The van der Waals surface area contributed by atoms with Crippen LogP contribution in [0.15, 0.2) is 76.3 Å². The molecule has 0 saturated heterocycles. The van der Waals surface area contributed by atoms with Crippen LogP contribution >= 0.6 is 0 Å². The average Bonchev–Trinajstić information content (AvgIpc) is 3.26. The maximum Gasteiger partial charge on any atom is 0.291 e. The van der Waals surface area contributed by atoms with Gasteiger partial charge in [-0.05, 0) is 47.9 Å². The summed E-state index contributed by atoms with van der Waals surface area (Å²) in [5, 5.41) is 6.19. The van der Waals surface area contributed by atoms with Crippen LogP contribution in [0, 0.1) is 6.92 Å². The van der Waals surface area contributed by atoms with E-state index < -0.39 is 0 Å². The van der Waals surface area contributed by atoms with Crippen LogP contribution in [-0.4, -0.2) is 30.9 Å². The minimum atomic E-state index is -0.265. The van der Waals surface area contributed by atoms with Crippen molar-refractivity contribution in [3.05, 3.63) is 89.4 Å². The Hall–Kier alpha value is -3.54. The zero-order valence-corrected chi connectivity index (χ0v) is 17.0. The van der Waals surface area contributed by atoms with E-state index in [4.69, 9.17) is 4.42 Å². The van der Waals surface area contributed by atoms with Crippen LogP contribution in [0.25, 0.3) is 0 Å². The zero-order valence-electron chi connectivity index (χ0n) is 17.0. The first-order chi connectivity index (χ1) is 14.1. The fraction of sp³-hybridized carbons (Fsp3) is 0.217. The molecule has 1 aromatic heterocycles. The molecule has 0 atom stereocenters. The number of guanidine groups is 1. The van der Waals surface area contributed by atoms with Crippen molar-refractivity contribution >= 4 is 17.6 Å². The SMILES string of the molecule is CN=C(NCc1ccc(NC(=O)c2ccco2)cc1)N(C)Cc1ccccc1C. The highest BCUT2D eigenvalue weighted by Crippen LogP contribution is 2.13. The molecule has 0 saturated carbocycles. The van der Waals surface area contributed by atoms with Crippen LogP contribution in [0.4, 0.5) is 5.69 Å². The Bertz CT molecular complexity index is 963. The number of rotatable bonds is 6. The molecule has 6 nitrogen and oxygen atoms in total. The van der Waals surface area contributed by atoms with Gasteiger partial charge in [-0.25, -0.2) is 0 Å². The van der Waals surface area contributed by atoms with E-state index in [1.807, 2.05) is 37.4 Å². The topological polar surface area (TPSA) is 69.9 Å². The van der Waals surface area contributed by atoms with E-state index >= 15 is 0 Å². The highest BCUT2D eigenvalue weighted by atomic mass is 16.3. The molecule has 6 heteroatoms. The van der Waals surface area contributed by atoms with E-state index in [0.29, 0.717) is 6.54 Å². The molecule has 0 aliphatic heterocycles. The van der Waals surface area contributed by atoms with Crippen molar-refractivity contribution in [2.24, 2.45) is 4.99 Å². The van der Waals surface area contributed by atoms with Crippen LogP contribution in [0.1, 0.15) is 27.2 Å². The van der Waals surface area contributed by atoms with E-state index in [0.717, 1.165) is 23.8 Å². The summed E-state index contributed by atoms with van der Waals surface area (Å²) in [6, 6.07) is 19.4. The predicted molar refractivity (Wildman–Crippen MR) is 116 cm³/mol. The standard InChI is InChI=1S/C23H26N4O2/c1-17-7-4-5-8-19(17)16-27(3)23(24-2)25-15-18-10-12-20(13-11-18)26-22(28)21-9-6-14-29-21/h4-14H,15-16H2,1-3H3,(H,24,25)(H,26,28). The third-order valence-corrected chi connectivity index (χ3v) is 4.65. The number of carbonyl (C=O) groups is 1. The van der Waals surface area contributed by atoms with Gasteiger partial charge in [-0.3, -0.25) is 9.79 Å². The summed E-state index contributed by atoms with van der Waals surface area (Å²) in [5.41, 5.74) is 4.35. The molecule has 3 rings (SSSR count). The second-order valence-electron chi connectivity index (χ2n) is 6.81. The van der Waals surface area contributed by atoms with Gasteiger partial charge in [0.2, 0.25) is 0 Å². The van der Waals surface area contributed by atoms with Crippen molar-refractivity contribution in [1.29, 1.82) is 0 Å². The molecule has 2 aromatic carbocycles. The van der Waals surface area contributed by atoms with E-state index in [2.05, 4.69) is 45.6 Å². The molecule has 29 heavy (non-hydrogen) atoms. The van der Waals surface area contributed by atoms with Crippen molar-refractivity contribution < 1.29 is 9.21 Å². The van der Waals surface area contributed by atoms with Crippen molar-refractivity contribution in [2.45, 2.75) is 20.0 Å². The second-order valence-corrected chi connectivity index (χ2v) is 6.81. The zero-order chi connectivity index (χ0) is 20.6. The predicted octanol–water partition coefficient (Wildman–Crippen LogP) is 4.05. The molecule has 150 valence electrons. The van der Waals surface area contributed by atoms with Crippen LogP contribution in [0.3, 0.4) is 0 Å². The highest BCUT2D eigenvalue weighted by molar-refractivity contribution is 6.02. The molecular weight excluding hydrogens is 364 g/mol. The van der Waals surface area contributed by atoms with Crippen LogP contribution in [0.5, 0.6) is 0 Å². The van der Waals surface area contributed by atoms with Crippen molar-refractivity contribution in [2.75, 3.05) is 19.4 Å². The molecule has 0 unspecified atom stereocenters. The van der Waals surface area contributed by atoms with Gasteiger partial charge in [0.05, 0.1) is 6.26 Å². The number of aliphatic imine (C=N–C) groups is 1. The molecule has 1 amide bonds. The molecule has 2 N–H and O–H groups in total. The molecule has 0 spiro atoms. The Balaban J connectivity index is 1.54. The number of nitrogens with zero attached hydrogens (tertiary/aromatic N) is 2. The molecule has 0 aliphatic carbocycles. The van der Waals surface area contributed by atoms with Gasteiger partial charge in [-0.15, -0.1) is 0 Å². The lowest BCUT2D eigenvalue weighted by molar-refractivity contribution is 0.0996. The fourth-order valence-corrected chi connectivity index (χ4v) is 2.99. The number of nitrogens with one attached hydrogen (secondary N) is 2. The molecular formula is C23H26N4O2. The van der Waals surface area contributed by atoms with Crippen molar-refractivity contribution in [3.8, 4) is 0 Å². The highest BCUT2D eigenvalue weighted by Gasteiger charge is 2.10. The third-order valence-electron chi connectivity index (χ3n) is 4.65. The second kappa shape index (κ2) is 9.59. The fourth-order valence-electron chi connectivity index (χ4n) is 2.99. The Morgan fingerprint density at radius 3 is 2.48 bits per heavy atom. The molecule has 0 bridgehead atoms. The smallest absolute Gasteiger partial charge is 0.291 e. The third kappa shape index (κ3) is 5.48. The normalized spacial score (nSPS) is 11.2. The van der Waals surface area contributed by atoms with Crippen LogP contribution in [-0.2, 0) is 13.1 Å². The summed E-state index contributed by atoms with van der Waals surface area (Å²) in [7, 11) is 3.80. The summed E-state index contributed by atoms with van der Waals surface area (Å²) in [4.78, 5) is 18.5. The first-order valence-corrected chi connectivity index (χ1v) is 9.47. The number of anilines is 1. The number of hydrogen-bond donors (Lipinski definition) is 2. The molecule has 0 aliphatic rings. The van der Waals surface area contributed by atoms with Crippen molar-refractivity contribution in [1.82, 2.24) is 10.2 Å².